The number of aryl methyl sites for hydroxylation is 1. The van der Waals surface area contributed by atoms with Crippen LogP contribution < -0.4 is 11.3 Å². The zero-order chi connectivity index (χ0) is 14.6. The van der Waals surface area contributed by atoms with E-state index in [0.29, 0.717) is 11.5 Å². The predicted molar refractivity (Wildman–Crippen MR) is 81.7 cm³/mol. The molecule has 1 aromatic rings. The largest absolute Gasteiger partial charge is 0.271 e. The summed E-state index contributed by atoms with van der Waals surface area (Å²) in [6.45, 7) is 1.81. The zero-order valence-electron chi connectivity index (χ0n) is 12.7. The van der Waals surface area contributed by atoms with Crippen LogP contribution in [0.3, 0.4) is 0 Å². The summed E-state index contributed by atoms with van der Waals surface area (Å²) in [6, 6.07) is 5.72. The van der Waals surface area contributed by atoms with Crippen LogP contribution in [0.2, 0.25) is 0 Å². The predicted octanol–water partition coefficient (Wildman–Crippen LogP) is 3.71. The molecular weight excluding hydrogens is 263 g/mol. The van der Waals surface area contributed by atoms with E-state index in [4.69, 9.17) is 5.84 Å². The van der Waals surface area contributed by atoms with Crippen molar-refractivity contribution in [1.29, 1.82) is 0 Å². The number of hydrogen-bond acceptors (Lipinski definition) is 2. The minimum absolute atomic E-state index is 0.107. The topological polar surface area (TPSA) is 38.0 Å². The van der Waals surface area contributed by atoms with Gasteiger partial charge in [0.05, 0.1) is 0 Å². The van der Waals surface area contributed by atoms with Gasteiger partial charge in [0.25, 0.3) is 0 Å². The van der Waals surface area contributed by atoms with E-state index in [0.717, 1.165) is 29.2 Å². The van der Waals surface area contributed by atoms with Crippen LogP contribution >= 0.6 is 0 Å². The molecule has 4 saturated carbocycles. The van der Waals surface area contributed by atoms with Gasteiger partial charge in [-0.15, -0.1) is 0 Å². The van der Waals surface area contributed by atoms with E-state index in [1.165, 1.54) is 32.1 Å². The van der Waals surface area contributed by atoms with Crippen molar-refractivity contribution in [2.75, 3.05) is 0 Å². The lowest BCUT2D eigenvalue weighted by atomic mass is 9.50. The van der Waals surface area contributed by atoms with Gasteiger partial charge in [-0.1, -0.05) is 12.1 Å². The van der Waals surface area contributed by atoms with E-state index in [1.54, 1.807) is 6.07 Å². The number of benzene rings is 1. The third kappa shape index (κ3) is 2.22. The quantitative estimate of drug-likeness (QED) is 0.657. The second-order valence-electron chi connectivity index (χ2n) is 7.66. The maximum Gasteiger partial charge on any atom is 0.126 e. The summed E-state index contributed by atoms with van der Waals surface area (Å²) in [5.41, 5.74) is 4.76. The molecule has 0 radical (unpaired) electrons. The second kappa shape index (κ2) is 5.06. The van der Waals surface area contributed by atoms with Gasteiger partial charge in [-0.3, -0.25) is 11.3 Å². The Balaban J connectivity index is 1.65. The number of hydrazine groups is 1. The molecule has 0 spiro atoms. The lowest BCUT2D eigenvalue weighted by Gasteiger charge is -2.56. The van der Waals surface area contributed by atoms with Crippen molar-refractivity contribution >= 4 is 0 Å². The normalized spacial score (nSPS) is 38.7. The molecule has 1 unspecified atom stereocenters. The van der Waals surface area contributed by atoms with Gasteiger partial charge in [0.2, 0.25) is 0 Å². The van der Waals surface area contributed by atoms with Gasteiger partial charge < -0.3 is 0 Å². The monoisotopic (exact) mass is 288 g/mol. The molecule has 1 aromatic carbocycles. The molecule has 21 heavy (non-hydrogen) atoms. The zero-order valence-corrected chi connectivity index (χ0v) is 12.7. The van der Waals surface area contributed by atoms with Gasteiger partial charge in [-0.2, -0.15) is 0 Å². The summed E-state index contributed by atoms with van der Waals surface area (Å²) in [7, 11) is 0. The van der Waals surface area contributed by atoms with Crippen LogP contribution in [-0.4, -0.2) is 0 Å². The highest BCUT2D eigenvalue weighted by Crippen LogP contribution is 2.59. The molecule has 0 amide bonds. The summed E-state index contributed by atoms with van der Waals surface area (Å²) in [6.07, 6.45) is 6.92. The van der Waals surface area contributed by atoms with Crippen LogP contribution in [0.25, 0.3) is 0 Å². The summed E-state index contributed by atoms with van der Waals surface area (Å²) in [5, 5.41) is 0. The fourth-order valence-corrected chi connectivity index (χ4v) is 5.74. The summed E-state index contributed by atoms with van der Waals surface area (Å²) >= 11 is 0. The van der Waals surface area contributed by atoms with E-state index >= 15 is 0 Å². The van der Waals surface area contributed by atoms with Crippen molar-refractivity contribution < 1.29 is 4.39 Å². The maximum atomic E-state index is 13.9. The highest BCUT2D eigenvalue weighted by molar-refractivity contribution is 5.27. The number of nitrogens with one attached hydrogen (secondary N) is 1. The van der Waals surface area contributed by atoms with Gasteiger partial charge in [-0.05, 0) is 85.8 Å². The SMILES string of the molecule is Cc1ccc(C(NN)C2C3CC4CC(C3)CC2C4)cc1F. The summed E-state index contributed by atoms with van der Waals surface area (Å²) < 4.78 is 13.9. The first-order chi connectivity index (χ1) is 10.2. The van der Waals surface area contributed by atoms with Gasteiger partial charge in [0.1, 0.15) is 5.82 Å². The second-order valence-corrected chi connectivity index (χ2v) is 7.66. The van der Waals surface area contributed by atoms with Gasteiger partial charge in [0.15, 0.2) is 0 Å². The Kier molecular flexibility index (Phi) is 3.31. The molecule has 2 nitrogen and oxygen atoms in total. The van der Waals surface area contributed by atoms with E-state index in [2.05, 4.69) is 5.43 Å². The van der Waals surface area contributed by atoms with Gasteiger partial charge in [0, 0.05) is 6.04 Å². The van der Waals surface area contributed by atoms with Crippen molar-refractivity contribution in [3.8, 4) is 0 Å². The van der Waals surface area contributed by atoms with E-state index in [1.807, 2.05) is 19.1 Å². The fraction of sp³-hybridized carbons (Fsp3) is 0.667. The lowest BCUT2D eigenvalue weighted by molar-refractivity contribution is -0.0526. The molecule has 3 N–H and O–H groups in total. The van der Waals surface area contributed by atoms with Crippen molar-refractivity contribution in [2.24, 2.45) is 35.4 Å². The minimum atomic E-state index is -0.114. The molecule has 4 aliphatic rings. The van der Waals surface area contributed by atoms with Crippen LogP contribution in [-0.2, 0) is 0 Å². The van der Waals surface area contributed by atoms with Crippen LogP contribution in [0.4, 0.5) is 4.39 Å². The standard InChI is InChI=1S/C18H25FN2/c1-10-2-3-13(9-16(10)19)18(21-20)17-14-5-11-4-12(7-14)8-15(17)6-11/h2-3,9,11-12,14-15,17-18,21H,4-8,20H2,1H3. The van der Waals surface area contributed by atoms with Crippen LogP contribution in [0, 0.1) is 42.3 Å². The van der Waals surface area contributed by atoms with E-state index in [9.17, 15) is 4.39 Å². The molecule has 0 saturated heterocycles. The average molecular weight is 288 g/mol. The summed E-state index contributed by atoms with van der Waals surface area (Å²) in [4.78, 5) is 0. The molecular formula is C18H25FN2. The van der Waals surface area contributed by atoms with E-state index in [-0.39, 0.29) is 11.9 Å². The Morgan fingerprint density at radius 2 is 1.71 bits per heavy atom. The highest BCUT2D eigenvalue weighted by Gasteiger charge is 2.50. The van der Waals surface area contributed by atoms with Crippen molar-refractivity contribution in [3.05, 3.63) is 35.1 Å². The summed E-state index contributed by atoms with van der Waals surface area (Å²) in [5.74, 6) is 9.85. The minimum Gasteiger partial charge on any atom is -0.271 e. The molecule has 114 valence electrons. The Morgan fingerprint density at radius 3 is 2.24 bits per heavy atom. The molecule has 1 atom stereocenters. The Labute approximate surface area is 126 Å². The highest BCUT2D eigenvalue weighted by atomic mass is 19.1. The van der Waals surface area contributed by atoms with E-state index < -0.39 is 0 Å². The first kappa shape index (κ1) is 13.7. The van der Waals surface area contributed by atoms with Crippen LogP contribution in [0.5, 0.6) is 0 Å². The first-order valence-corrected chi connectivity index (χ1v) is 8.38. The molecule has 4 aliphatic carbocycles. The smallest absolute Gasteiger partial charge is 0.126 e. The molecule has 0 heterocycles. The van der Waals surface area contributed by atoms with Crippen LogP contribution in [0.15, 0.2) is 18.2 Å². The molecule has 0 aromatic heterocycles. The van der Waals surface area contributed by atoms with Crippen molar-refractivity contribution in [3.63, 3.8) is 0 Å². The molecule has 5 rings (SSSR count). The maximum absolute atomic E-state index is 13.9. The van der Waals surface area contributed by atoms with Gasteiger partial charge >= 0.3 is 0 Å². The first-order valence-electron chi connectivity index (χ1n) is 8.38. The molecule has 4 bridgehead atoms. The Hall–Kier alpha value is -0.930. The number of rotatable bonds is 3. The third-order valence-electron chi connectivity index (χ3n) is 6.42. The Bertz CT molecular complexity index is 514. The van der Waals surface area contributed by atoms with Crippen LogP contribution in [0.1, 0.15) is 49.3 Å². The number of hydrogen-bond donors (Lipinski definition) is 2. The number of nitrogens with two attached hydrogens (primary N) is 1. The lowest BCUT2D eigenvalue weighted by Crippen LogP contribution is -2.50. The molecule has 0 aliphatic heterocycles. The Morgan fingerprint density at radius 1 is 1.10 bits per heavy atom. The molecule has 4 fully saturated rings. The van der Waals surface area contributed by atoms with Crippen molar-refractivity contribution in [1.82, 2.24) is 5.43 Å². The fourth-order valence-electron chi connectivity index (χ4n) is 5.74. The average Bonchev–Trinajstić information content (AvgIpc) is 2.45. The third-order valence-corrected chi connectivity index (χ3v) is 6.42. The number of halogens is 1. The van der Waals surface area contributed by atoms with Crippen molar-refractivity contribution in [2.45, 2.75) is 45.1 Å². The van der Waals surface area contributed by atoms with Gasteiger partial charge in [-0.25, -0.2) is 4.39 Å². The molecule has 3 heteroatoms.